The Morgan fingerprint density at radius 2 is 1.82 bits per heavy atom. The number of hydrogen-bond acceptors (Lipinski definition) is 2. The quantitative estimate of drug-likeness (QED) is 0.751. The molecule has 0 aliphatic heterocycles. The van der Waals surface area contributed by atoms with Gasteiger partial charge in [0.15, 0.2) is 5.78 Å². The fraction of sp³-hybridized carbons (Fsp3) is 0.200. The molecule has 0 aliphatic carbocycles. The van der Waals surface area contributed by atoms with E-state index >= 15 is 0 Å². The van der Waals surface area contributed by atoms with E-state index in [-0.39, 0.29) is 5.78 Å². The number of Topliss-reactive ketones (excluding diaryl/α,β-unsaturated/α-hetero) is 1. The minimum atomic E-state index is 0.0722. The topological polar surface area (TPSA) is 30.0 Å². The summed E-state index contributed by atoms with van der Waals surface area (Å²) in [6, 6.07) is 13.5. The van der Waals surface area contributed by atoms with Crippen LogP contribution in [0.3, 0.4) is 0 Å². The number of carbonyl (C=O) groups excluding carboxylic acids is 1. The Balaban J connectivity index is 2.20. The maximum atomic E-state index is 12.1. The van der Waals surface area contributed by atoms with Gasteiger partial charge in [0.05, 0.1) is 0 Å². The van der Waals surface area contributed by atoms with Crippen molar-refractivity contribution in [2.24, 2.45) is 0 Å². The largest absolute Gasteiger partial charge is 0.292 e. The van der Waals surface area contributed by atoms with Crippen LogP contribution in [0.2, 0.25) is 0 Å². The molecule has 0 atom stereocenters. The lowest BCUT2D eigenvalue weighted by molar-refractivity contribution is 0.0988. The average molecular weight is 225 g/mol. The van der Waals surface area contributed by atoms with Crippen LogP contribution in [0, 0.1) is 13.8 Å². The first-order valence-electron chi connectivity index (χ1n) is 5.68. The molecule has 0 radical (unpaired) electrons. The zero-order valence-corrected chi connectivity index (χ0v) is 10.1. The van der Waals surface area contributed by atoms with Crippen LogP contribution in [0.4, 0.5) is 0 Å². The molecule has 2 rings (SSSR count). The van der Waals surface area contributed by atoms with Gasteiger partial charge in [0.1, 0.15) is 5.69 Å². The van der Waals surface area contributed by atoms with Crippen molar-refractivity contribution in [3.05, 3.63) is 65.0 Å². The van der Waals surface area contributed by atoms with Gasteiger partial charge in [-0.3, -0.25) is 9.78 Å². The van der Waals surface area contributed by atoms with Crippen LogP contribution < -0.4 is 0 Å². The molecule has 0 bridgehead atoms. The minimum Gasteiger partial charge on any atom is -0.292 e. The van der Waals surface area contributed by atoms with Crippen LogP contribution in [0.5, 0.6) is 0 Å². The fourth-order valence-electron chi connectivity index (χ4n) is 1.77. The van der Waals surface area contributed by atoms with Crippen LogP contribution in [0.25, 0.3) is 0 Å². The third-order valence-electron chi connectivity index (χ3n) is 2.79. The highest BCUT2D eigenvalue weighted by atomic mass is 16.1. The van der Waals surface area contributed by atoms with Gasteiger partial charge in [0, 0.05) is 12.1 Å². The van der Waals surface area contributed by atoms with Crippen molar-refractivity contribution in [1.29, 1.82) is 0 Å². The van der Waals surface area contributed by atoms with Gasteiger partial charge in [0.2, 0.25) is 0 Å². The number of carbonyl (C=O) groups is 1. The summed E-state index contributed by atoms with van der Waals surface area (Å²) in [6.45, 7) is 3.91. The molecule has 2 heteroatoms. The Hall–Kier alpha value is -1.96. The van der Waals surface area contributed by atoms with Gasteiger partial charge in [-0.05, 0) is 37.1 Å². The molecule has 0 saturated carbocycles. The lowest BCUT2D eigenvalue weighted by atomic mass is 10.0. The number of benzene rings is 1. The van der Waals surface area contributed by atoms with Crippen molar-refractivity contribution in [1.82, 2.24) is 4.98 Å². The van der Waals surface area contributed by atoms with Crippen LogP contribution in [-0.2, 0) is 6.42 Å². The van der Waals surface area contributed by atoms with Gasteiger partial charge in [-0.1, -0.05) is 30.3 Å². The van der Waals surface area contributed by atoms with Crippen LogP contribution in [0.15, 0.2) is 42.5 Å². The molecule has 1 aromatic carbocycles. The van der Waals surface area contributed by atoms with Crippen molar-refractivity contribution in [3.8, 4) is 0 Å². The second-order valence-electron chi connectivity index (χ2n) is 4.19. The van der Waals surface area contributed by atoms with E-state index in [9.17, 15) is 4.79 Å². The van der Waals surface area contributed by atoms with E-state index in [1.807, 2.05) is 50.2 Å². The molecule has 86 valence electrons. The van der Waals surface area contributed by atoms with E-state index in [0.717, 1.165) is 16.8 Å². The number of hydrogen-bond donors (Lipinski definition) is 0. The molecular weight excluding hydrogens is 210 g/mol. The molecule has 0 amide bonds. The Kier molecular flexibility index (Phi) is 3.33. The third kappa shape index (κ3) is 2.78. The summed E-state index contributed by atoms with van der Waals surface area (Å²) in [6.07, 6.45) is 0.420. The van der Waals surface area contributed by atoms with E-state index in [0.29, 0.717) is 12.1 Å². The summed E-state index contributed by atoms with van der Waals surface area (Å²) in [5.74, 6) is 0.0722. The number of rotatable bonds is 3. The summed E-state index contributed by atoms with van der Waals surface area (Å²) < 4.78 is 0. The van der Waals surface area contributed by atoms with E-state index in [1.165, 1.54) is 0 Å². The van der Waals surface area contributed by atoms with E-state index in [1.54, 1.807) is 6.07 Å². The summed E-state index contributed by atoms with van der Waals surface area (Å²) in [4.78, 5) is 16.3. The first-order chi connectivity index (χ1) is 8.16. The van der Waals surface area contributed by atoms with E-state index in [4.69, 9.17) is 0 Å². The molecule has 0 spiro atoms. The predicted molar refractivity (Wildman–Crippen MR) is 68.2 cm³/mol. The highest BCUT2D eigenvalue weighted by Gasteiger charge is 2.09. The normalized spacial score (nSPS) is 10.2. The summed E-state index contributed by atoms with van der Waals surface area (Å²) >= 11 is 0. The molecule has 0 unspecified atom stereocenters. The molecule has 17 heavy (non-hydrogen) atoms. The second kappa shape index (κ2) is 4.91. The Morgan fingerprint density at radius 1 is 1.06 bits per heavy atom. The molecule has 2 nitrogen and oxygen atoms in total. The molecule has 1 heterocycles. The second-order valence-corrected chi connectivity index (χ2v) is 4.19. The maximum Gasteiger partial charge on any atom is 0.185 e. The summed E-state index contributed by atoms with van der Waals surface area (Å²) in [5.41, 5.74) is 3.64. The first-order valence-corrected chi connectivity index (χ1v) is 5.68. The number of pyridine rings is 1. The number of aryl methyl sites for hydroxylation is 2. The zero-order valence-electron chi connectivity index (χ0n) is 10.1. The van der Waals surface area contributed by atoms with Gasteiger partial charge in [-0.15, -0.1) is 0 Å². The summed E-state index contributed by atoms with van der Waals surface area (Å²) in [7, 11) is 0. The number of ketones is 1. The first kappa shape index (κ1) is 11.5. The number of aromatic nitrogens is 1. The predicted octanol–water partition coefficient (Wildman–Crippen LogP) is 3.12. The molecule has 0 saturated heterocycles. The molecule has 0 fully saturated rings. The smallest absolute Gasteiger partial charge is 0.185 e. The highest BCUT2D eigenvalue weighted by Crippen LogP contribution is 2.11. The van der Waals surface area contributed by atoms with Crippen molar-refractivity contribution >= 4 is 5.78 Å². The fourth-order valence-corrected chi connectivity index (χ4v) is 1.77. The summed E-state index contributed by atoms with van der Waals surface area (Å²) in [5, 5.41) is 0. The van der Waals surface area contributed by atoms with Crippen molar-refractivity contribution in [2.45, 2.75) is 20.3 Å². The van der Waals surface area contributed by atoms with Gasteiger partial charge in [-0.25, -0.2) is 0 Å². The minimum absolute atomic E-state index is 0.0722. The molecule has 0 N–H and O–H groups in total. The maximum absolute atomic E-state index is 12.1. The standard InChI is InChI=1S/C15H15NO/c1-11-6-3-4-8-13(11)10-15(17)14-9-5-7-12(2)16-14/h3-9H,10H2,1-2H3. The van der Waals surface area contributed by atoms with Crippen LogP contribution >= 0.6 is 0 Å². The van der Waals surface area contributed by atoms with Gasteiger partial charge in [-0.2, -0.15) is 0 Å². The molecular formula is C15H15NO. The molecule has 2 aromatic rings. The van der Waals surface area contributed by atoms with Gasteiger partial charge in [0.25, 0.3) is 0 Å². The average Bonchev–Trinajstić information content (AvgIpc) is 2.32. The van der Waals surface area contributed by atoms with E-state index in [2.05, 4.69) is 4.98 Å². The van der Waals surface area contributed by atoms with E-state index < -0.39 is 0 Å². The molecule has 1 aromatic heterocycles. The van der Waals surface area contributed by atoms with Gasteiger partial charge >= 0.3 is 0 Å². The van der Waals surface area contributed by atoms with Crippen molar-refractivity contribution in [3.63, 3.8) is 0 Å². The Morgan fingerprint density at radius 3 is 2.53 bits per heavy atom. The third-order valence-corrected chi connectivity index (χ3v) is 2.79. The van der Waals surface area contributed by atoms with Crippen LogP contribution in [0.1, 0.15) is 27.3 Å². The Labute approximate surface area is 101 Å². The SMILES string of the molecule is Cc1cccc(C(=O)Cc2ccccc2C)n1. The Bertz CT molecular complexity index is 546. The van der Waals surface area contributed by atoms with Crippen LogP contribution in [-0.4, -0.2) is 10.8 Å². The monoisotopic (exact) mass is 225 g/mol. The highest BCUT2D eigenvalue weighted by molar-refractivity contribution is 5.95. The lowest BCUT2D eigenvalue weighted by Crippen LogP contribution is -2.07. The van der Waals surface area contributed by atoms with Gasteiger partial charge < -0.3 is 0 Å². The van der Waals surface area contributed by atoms with Crippen molar-refractivity contribution in [2.75, 3.05) is 0 Å². The lowest BCUT2D eigenvalue weighted by Gasteiger charge is -2.04. The number of nitrogens with zero attached hydrogens (tertiary/aromatic N) is 1. The molecule has 0 aliphatic rings. The van der Waals surface area contributed by atoms with Crippen molar-refractivity contribution < 1.29 is 4.79 Å². The zero-order chi connectivity index (χ0) is 12.3.